The molecule has 1 aromatic heterocycles. The molecule has 0 fully saturated rings. The molecular weight excluding hydrogens is 352 g/mol. The zero-order chi connectivity index (χ0) is 17.6. The van der Waals surface area contributed by atoms with Crippen molar-refractivity contribution < 1.29 is 4.79 Å². The Morgan fingerprint density at radius 1 is 1.16 bits per heavy atom. The topological polar surface area (TPSA) is 42.0 Å². The minimum atomic E-state index is -0.187. The number of hydrogen-bond donors (Lipinski definition) is 1. The van der Waals surface area contributed by atoms with E-state index in [1.54, 1.807) is 12.3 Å². The van der Waals surface area contributed by atoms with Crippen molar-refractivity contribution in [3.8, 4) is 0 Å². The van der Waals surface area contributed by atoms with Crippen molar-refractivity contribution >= 4 is 40.1 Å². The summed E-state index contributed by atoms with van der Waals surface area (Å²) >= 11 is 7.37. The van der Waals surface area contributed by atoms with E-state index in [9.17, 15) is 4.79 Å². The number of aromatic nitrogens is 1. The Bertz CT molecular complexity index is 883. The van der Waals surface area contributed by atoms with Gasteiger partial charge in [0.05, 0.1) is 0 Å². The molecule has 3 rings (SSSR count). The van der Waals surface area contributed by atoms with Crippen LogP contribution in [0.4, 0.5) is 5.13 Å². The van der Waals surface area contributed by atoms with Gasteiger partial charge in [0.25, 0.3) is 0 Å². The number of anilines is 1. The van der Waals surface area contributed by atoms with Crippen LogP contribution in [0, 0.1) is 6.92 Å². The van der Waals surface area contributed by atoms with Crippen LogP contribution >= 0.6 is 22.9 Å². The van der Waals surface area contributed by atoms with E-state index >= 15 is 0 Å². The van der Waals surface area contributed by atoms with Crippen LogP contribution in [0.5, 0.6) is 0 Å². The molecule has 1 amide bonds. The zero-order valence-electron chi connectivity index (χ0n) is 13.7. The maximum atomic E-state index is 12.0. The van der Waals surface area contributed by atoms with Gasteiger partial charge in [0, 0.05) is 28.6 Å². The fourth-order valence-corrected chi connectivity index (χ4v) is 3.22. The third-order valence-electron chi connectivity index (χ3n) is 3.58. The normalized spacial score (nSPS) is 11.0. The monoisotopic (exact) mass is 368 g/mol. The van der Waals surface area contributed by atoms with Crippen LogP contribution in [0.1, 0.15) is 21.6 Å². The second kappa shape index (κ2) is 8.10. The summed E-state index contributed by atoms with van der Waals surface area (Å²) in [6.45, 7) is 2.03. The van der Waals surface area contributed by atoms with Gasteiger partial charge in [0.2, 0.25) is 5.91 Å². The minimum Gasteiger partial charge on any atom is -0.298 e. The van der Waals surface area contributed by atoms with Gasteiger partial charge < -0.3 is 0 Å². The molecule has 0 unspecified atom stereocenters. The fourth-order valence-electron chi connectivity index (χ4n) is 2.25. The number of halogens is 1. The van der Waals surface area contributed by atoms with Gasteiger partial charge in [-0.05, 0) is 36.3 Å². The molecule has 3 nitrogen and oxygen atoms in total. The van der Waals surface area contributed by atoms with Crippen LogP contribution in [0.2, 0.25) is 5.02 Å². The number of hydrogen-bond acceptors (Lipinski definition) is 3. The number of carbonyl (C=O) groups is 1. The summed E-state index contributed by atoms with van der Waals surface area (Å²) in [6.07, 6.45) is 5.87. The lowest BCUT2D eigenvalue weighted by Crippen LogP contribution is -2.07. The highest BCUT2D eigenvalue weighted by Crippen LogP contribution is 2.22. The molecule has 0 radical (unpaired) electrons. The van der Waals surface area contributed by atoms with Crippen LogP contribution in [0.15, 0.2) is 60.8 Å². The van der Waals surface area contributed by atoms with Crippen molar-refractivity contribution in [1.82, 2.24) is 4.98 Å². The zero-order valence-corrected chi connectivity index (χ0v) is 15.3. The lowest BCUT2D eigenvalue weighted by molar-refractivity contribution is -0.111. The predicted molar refractivity (Wildman–Crippen MR) is 105 cm³/mol. The molecule has 5 heteroatoms. The average Bonchev–Trinajstić information content (AvgIpc) is 3.03. The highest BCUT2D eigenvalue weighted by atomic mass is 35.5. The molecule has 3 aromatic rings. The molecule has 0 spiro atoms. The van der Waals surface area contributed by atoms with E-state index in [1.165, 1.54) is 23.0 Å². The molecular formula is C20H17ClN2OS. The summed E-state index contributed by atoms with van der Waals surface area (Å²) in [5.41, 5.74) is 3.34. The smallest absolute Gasteiger partial charge is 0.250 e. The SMILES string of the molecule is Cc1ccc(C=CC(=O)Nc2ncc(Cc3ccc(Cl)cc3)s2)cc1. The third-order valence-corrected chi connectivity index (χ3v) is 4.74. The highest BCUT2D eigenvalue weighted by Gasteiger charge is 2.05. The van der Waals surface area contributed by atoms with Crippen LogP contribution in [0.25, 0.3) is 6.08 Å². The summed E-state index contributed by atoms with van der Waals surface area (Å²) < 4.78 is 0. The molecule has 0 bridgehead atoms. The van der Waals surface area contributed by atoms with Gasteiger partial charge in [-0.25, -0.2) is 4.98 Å². The Morgan fingerprint density at radius 3 is 2.60 bits per heavy atom. The first-order valence-corrected chi connectivity index (χ1v) is 9.03. The Balaban J connectivity index is 1.57. The van der Waals surface area contributed by atoms with E-state index in [1.807, 2.05) is 55.5 Å². The second-order valence-corrected chi connectivity index (χ2v) is 7.22. The molecule has 25 heavy (non-hydrogen) atoms. The number of rotatable bonds is 5. The molecule has 0 saturated carbocycles. The average molecular weight is 369 g/mol. The van der Waals surface area contributed by atoms with Gasteiger partial charge in [-0.15, -0.1) is 11.3 Å². The van der Waals surface area contributed by atoms with E-state index in [0.29, 0.717) is 5.13 Å². The van der Waals surface area contributed by atoms with Crippen LogP contribution < -0.4 is 5.32 Å². The Morgan fingerprint density at radius 2 is 1.88 bits per heavy atom. The largest absolute Gasteiger partial charge is 0.298 e. The predicted octanol–water partition coefficient (Wildman–Crippen LogP) is 5.35. The molecule has 0 saturated heterocycles. The summed E-state index contributed by atoms with van der Waals surface area (Å²) in [7, 11) is 0. The van der Waals surface area contributed by atoms with Gasteiger partial charge in [0.1, 0.15) is 0 Å². The quantitative estimate of drug-likeness (QED) is 0.617. The summed E-state index contributed by atoms with van der Waals surface area (Å²) in [5.74, 6) is -0.187. The second-order valence-electron chi connectivity index (χ2n) is 5.67. The highest BCUT2D eigenvalue weighted by molar-refractivity contribution is 7.15. The molecule has 2 aromatic carbocycles. The van der Waals surface area contributed by atoms with Crippen LogP contribution in [0.3, 0.4) is 0 Å². The number of aryl methyl sites for hydroxylation is 1. The number of carbonyl (C=O) groups excluding carboxylic acids is 1. The molecule has 1 heterocycles. The molecule has 0 aliphatic heterocycles. The maximum Gasteiger partial charge on any atom is 0.250 e. The summed E-state index contributed by atoms with van der Waals surface area (Å²) in [4.78, 5) is 17.4. The Labute approximate surface area is 156 Å². The number of thiazole rings is 1. The van der Waals surface area contributed by atoms with Crippen LogP contribution in [-0.4, -0.2) is 10.9 Å². The van der Waals surface area contributed by atoms with Crippen molar-refractivity contribution in [1.29, 1.82) is 0 Å². The van der Waals surface area contributed by atoms with E-state index in [0.717, 1.165) is 27.4 Å². The Hall–Kier alpha value is -2.43. The van der Waals surface area contributed by atoms with Crippen molar-refractivity contribution in [2.24, 2.45) is 0 Å². The first kappa shape index (κ1) is 17.4. The van der Waals surface area contributed by atoms with Crippen molar-refractivity contribution in [2.75, 3.05) is 5.32 Å². The van der Waals surface area contributed by atoms with Gasteiger partial charge in [0.15, 0.2) is 5.13 Å². The molecule has 0 aliphatic carbocycles. The summed E-state index contributed by atoms with van der Waals surface area (Å²) in [6, 6.07) is 15.7. The molecule has 126 valence electrons. The van der Waals surface area contributed by atoms with Crippen LogP contribution in [-0.2, 0) is 11.2 Å². The standard InChI is InChI=1S/C20H17ClN2OS/c1-14-2-4-15(5-3-14)8-11-19(24)23-20-22-13-18(25-20)12-16-6-9-17(21)10-7-16/h2-11,13H,12H2,1H3,(H,22,23,24). The number of nitrogens with one attached hydrogen (secondary N) is 1. The van der Waals surface area contributed by atoms with Crippen molar-refractivity contribution in [3.63, 3.8) is 0 Å². The van der Waals surface area contributed by atoms with Gasteiger partial charge in [-0.3, -0.25) is 10.1 Å². The van der Waals surface area contributed by atoms with Crippen molar-refractivity contribution in [2.45, 2.75) is 13.3 Å². The Kier molecular flexibility index (Phi) is 5.64. The maximum absolute atomic E-state index is 12.0. The lowest BCUT2D eigenvalue weighted by atomic mass is 10.1. The van der Waals surface area contributed by atoms with Gasteiger partial charge in [-0.1, -0.05) is 53.6 Å². The minimum absolute atomic E-state index is 0.187. The van der Waals surface area contributed by atoms with Gasteiger partial charge >= 0.3 is 0 Å². The number of benzene rings is 2. The third kappa shape index (κ3) is 5.28. The molecule has 0 aliphatic rings. The van der Waals surface area contributed by atoms with E-state index < -0.39 is 0 Å². The lowest BCUT2D eigenvalue weighted by Gasteiger charge is -1.98. The van der Waals surface area contributed by atoms with Gasteiger partial charge in [-0.2, -0.15) is 0 Å². The molecule has 1 N–H and O–H groups in total. The van der Waals surface area contributed by atoms with E-state index in [2.05, 4.69) is 10.3 Å². The first-order valence-electron chi connectivity index (χ1n) is 7.83. The number of amides is 1. The molecule has 0 atom stereocenters. The summed E-state index contributed by atoms with van der Waals surface area (Å²) in [5, 5.41) is 4.12. The van der Waals surface area contributed by atoms with E-state index in [4.69, 9.17) is 11.6 Å². The van der Waals surface area contributed by atoms with E-state index in [-0.39, 0.29) is 5.91 Å². The fraction of sp³-hybridized carbons (Fsp3) is 0.100. The number of nitrogens with zero attached hydrogens (tertiary/aromatic N) is 1. The first-order chi connectivity index (χ1) is 12.1. The van der Waals surface area contributed by atoms with Crippen molar-refractivity contribution in [3.05, 3.63) is 87.4 Å².